The van der Waals surface area contributed by atoms with Crippen LogP contribution in [0, 0.1) is 12.3 Å². The standard InChI is InChI=1S/C14H16O4/c1-5-8-17-14(15)11-6-7-12(18-10(2)3)13(9-11)16-4/h1,6-7,9-10H,8H2,2-4H3. The quantitative estimate of drug-likeness (QED) is 0.592. The van der Waals surface area contributed by atoms with Crippen molar-refractivity contribution in [2.24, 2.45) is 0 Å². The molecule has 96 valence electrons. The Morgan fingerprint density at radius 3 is 2.67 bits per heavy atom. The van der Waals surface area contributed by atoms with E-state index in [9.17, 15) is 4.79 Å². The largest absolute Gasteiger partial charge is 0.493 e. The first-order chi connectivity index (χ1) is 8.58. The van der Waals surface area contributed by atoms with Crippen LogP contribution in [0.1, 0.15) is 24.2 Å². The molecule has 0 aliphatic rings. The van der Waals surface area contributed by atoms with Crippen LogP contribution < -0.4 is 9.47 Å². The molecule has 0 aliphatic heterocycles. The van der Waals surface area contributed by atoms with E-state index in [2.05, 4.69) is 5.92 Å². The van der Waals surface area contributed by atoms with Gasteiger partial charge < -0.3 is 14.2 Å². The van der Waals surface area contributed by atoms with E-state index in [1.807, 2.05) is 13.8 Å². The molecule has 0 N–H and O–H groups in total. The van der Waals surface area contributed by atoms with Crippen molar-refractivity contribution in [3.8, 4) is 23.8 Å². The Labute approximate surface area is 107 Å². The molecule has 0 aromatic heterocycles. The predicted molar refractivity (Wildman–Crippen MR) is 67.9 cm³/mol. The smallest absolute Gasteiger partial charge is 0.339 e. The van der Waals surface area contributed by atoms with Gasteiger partial charge in [0.05, 0.1) is 18.8 Å². The first kappa shape index (κ1) is 13.9. The van der Waals surface area contributed by atoms with Crippen molar-refractivity contribution in [3.05, 3.63) is 23.8 Å². The van der Waals surface area contributed by atoms with Crippen molar-refractivity contribution in [1.82, 2.24) is 0 Å². The molecule has 1 rings (SSSR count). The molecule has 4 nitrogen and oxygen atoms in total. The van der Waals surface area contributed by atoms with E-state index in [1.54, 1.807) is 18.2 Å². The molecule has 0 amide bonds. The number of esters is 1. The Balaban J connectivity index is 2.91. The molecule has 18 heavy (non-hydrogen) atoms. The van der Waals surface area contributed by atoms with Gasteiger partial charge in [-0.1, -0.05) is 5.92 Å². The third kappa shape index (κ3) is 3.70. The average molecular weight is 248 g/mol. The zero-order valence-electron chi connectivity index (χ0n) is 10.7. The average Bonchev–Trinajstić information content (AvgIpc) is 2.35. The molecule has 0 heterocycles. The Morgan fingerprint density at radius 1 is 1.39 bits per heavy atom. The molecule has 0 saturated carbocycles. The number of carbonyl (C=O) groups excluding carboxylic acids is 1. The number of benzene rings is 1. The highest BCUT2D eigenvalue weighted by Crippen LogP contribution is 2.29. The van der Waals surface area contributed by atoms with Crippen LogP contribution >= 0.6 is 0 Å². The number of terminal acetylenes is 1. The van der Waals surface area contributed by atoms with Crippen molar-refractivity contribution in [2.45, 2.75) is 20.0 Å². The Kier molecular flexibility index (Phi) is 5.06. The molecule has 0 spiro atoms. The summed E-state index contributed by atoms with van der Waals surface area (Å²) in [6.07, 6.45) is 5.04. The van der Waals surface area contributed by atoms with Gasteiger partial charge in [0, 0.05) is 0 Å². The van der Waals surface area contributed by atoms with E-state index >= 15 is 0 Å². The summed E-state index contributed by atoms with van der Waals surface area (Å²) in [5, 5.41) is 0. The van der Waals surface area contributed by atoms with Gasteiger partial charge >= 0.3 is 5.97 Å². The Bertz CT molecular complexity index is 457. The Hall–Kier alpha value is -2.15. The molecule has 0 radical (unpaired) electrons. The molecule has 0 aliphatic carbocycles. The van der Waals surface area contributed by atoms with Crippen molar-refractivity contribution < 1.29 is 19.0 Å². The summed E-state index contributed by atoms with van der Waals surface area (Å²) < 4.78 is 15.5. The van der Waals surface area contributed by atoms with E-state index in [0.29, 0.717) is 17.1 Å². The molecule has 0 bridgehead atoms. The lowest BCUT2D eigenvalue weighted by Gasteiger charge is -2.14. The van der Waals surface area contributed by atoms with Crippen LogP contribution in [0.3, 0.4) is 0 Å². The molecule has 4 heteroatoms. The summed E-state index contributed by atoms with van der Waals surface area (Å²) in [7, 11) is 1.51. The maximum absolute atomic E-state index is 11.6. The zero-order chi connectivity index (χ0) is 13.5. The van der Waals surface area contributed by atoms with Crippen molar-refractivity contribution in [1.29, 1.82) is 0 Å². The van der Waals surface area contributed by atoms with Crippen LogP contribution in [0.5, 0.6) is 11.5 Å². The molecular formula is C14H16O4. The number of hydrogen-bond donors (Lipinski definition) is 0. The zero-order valence-corrected chi connectivity index (χ0v) is 10.7. The van der Waals surface area contributed by atoms with E-state index < -0.39 is 5.97 Å². The minimum Gasteiger partial charge on any atom is -0.493 e. The van der Waals surface area contributed by atoms with Crippen LogP contribution in [-0.4, -0.2) is 25.8 Å². The maximum Gasteiger partial charge on any atom is 0.339 e. The fraction of sp³-hybridized carbons (Fsp3) is 0.357. The van der Waals surface area contributed by atoms with Crippen molar-refractivity contribution in [3.63, 3.8) is 0 Å². The van der Waals surface area contributed by atoms with Crippen molar-refractivity contribution >= 4 is 5.97 Å². The summed E-state index contributed by atoms with van der Waals surface area (Å²) in [6.45, 7) is 3.77. The van der Waals surface area contributed by atoms with Gasteiger partial charge in [-0.05, 0) is 32.0 Å². The topological polar surface area (TPSA) is 44.8 Å². The van der Waals surface area contributed by atoms with Gasteiger partial charge in [-0.3, -0.25) is 0 Å². The van der Waals surface area contributed by atoms with Crippen LogP contribution in [0.2, 0.25) is 0 Å². The van der Waals surface area contributed by atoms with Gasteiger partial charge in [-0.2, -0.15) is 0 Å². The summed E-state index contributed by atoms with van der Waals surface area (Å²) in [5.74, 6) is 2.82. The number of hydrogen-bond acceptors (Lipinski definition) is 4. The monoisotopic (exact) mass is 248 g/mol. The maximum atomic E-state index is 11.6. The number of carbonyl (C=O) groups is 1. The van der Waals surface area contributed by atoms with Gasteiger partial charge in [0.15, 0.2) is 18.1 Å². The fourth-order valence-corrected chi connectivity index (χ4v) is 1.34. The molecule has 0 saturated heterocycles. The summed E-state index contributed by atoms with van der Waals surface area (Å²) in [5.41, 5.74) is 0.373. The van der Waals surface area contributed by atoms with Gasteiger partial charge in [-0.15, -0.1) is 6.42 Å². The van der Waals surface area contributed by atoms with E-state index in [4.69, 9.17) is 20.6 Å². The second kappa shape index (κ2) is 6.55. The van der Waals surface area contributed by atoms with Crippen LogP contribution in [-0.2, 0) is 4.74 Å². The van der Waals surface area contributed by atoms with Gasteiger partial charge in [0.25, 0.3) is 0 Å². The SMILES string of the molecule is C#CCOC(=O)c1ccc(OC(C)C)c(OC)c1. The van der Waals surface area contributed by atoms with E-state index in [1.165, 1.54) is 7.11 Å². The van der Waals surface area contributed by atoms with Crippen LogP contribution in [0.25, 0.3) is 0 Å². The predicted octanol–water partition coefficient (Wildman–Crippen LogP) is 2.27. The minimum absolute atomic E-state index is 0.0261. The summed E-state index contributed by atoms with van der Waals surface area (Å²) in [4.78, 5) is 11.6. The van der Waals surface area contributed by atoms with E-state index in [-0.39, 0.29) is 12.7 Å². The lowest BCUT2D eigenvalue weighted by molar-refractivity contribution is 0.0556. The second-order valence-electron chi connectivity index (χ2n) is 3.81. The lowest BCUT2D eigenvalue weighted by atomic mass is 10.2. The van der Waals surface area contributed by atoms with Gasteiger partial charge in [0.2, 0.25) is 0 Å². The molecule has 0 atom stereocenters. The molecule has 0 unspecified atom stereocenters. The normalized spacial score (nSPS) is 9.72. The third-order valence-electron chi connectivity index (χ3n) is 2.05. The molecular weight excluding hydrogens is 232 g/mol. The molecule has 1 aromatic rings. The Morgan fingerprint density at radius 2 is 2.11 bits per heavy atom. The fourth-order valence-electron chi connectivity index (χ4n) is 1.34. The van der Waals surface area contributed by atoms with E-state index in [0.717, 1.165) is 0 Å². The first-order valence-electron chi connectivity index (χ1n) is 5.53. The first-order valence-corrected chi connectivity index (χ1v) is 5.53. The summed E-state index contributed by atoms with van der Waals surface area (Å²) >= 11 is 0. The number of rotatable bonds is 5. The summed E-state index contributed by atoms with van der Waals surface area (Å²) in [6, 6.07) is 4.85. The third-order valence-corrected chi connectivity index (χ3v) is 2.05. The highest BCUT2D eigenvalue weighted by Gasteiger charge is 2.12. The number of methoxy groups -OCH3 is 1. The minimum atomic E-state index is -0.484. The molecule has 1 aromatic carbocycles. The molecule has 0 fully saturated rings. The van der Waals surface area contributed by atoms with Crippen LogP contribution in [0.15, 0.2) is 18.2 Å². The highest BCUT2D eigenvalue weighted by atomic mass is 16.5. The second-order valence-corrected chi connectivity index (χ2v) is 3.81. The lowest BCUT2D eigenvalue weighted by Crippen LogP contribution is -2.09. The van der Waals surface area contributed by atoms with Gasteiger partial charge in [-0.25, -0.2) is 4.79 Å². The highest BCUT2D eigenvalue weighted by molar-refractivity contribution is 5.90. The van der Waals surface area contributed by atoms with Crippen LogP contribution in [0.4, 0.5) is 0 Å². The van der Waals surface area contributed by atoms with Gasteiger partial charge in [0.1, 0.15) is 0 Å². The number of ether oxygens (including phenoxy) is 3. The van der Waals surface area contributed by atoms with Crippen molar-refractivity contribution in [2.75, 3.05) is 13.7 Å².